The molecule has 1 unspecified atom stereocenters. The van der Waals surface area contributed by atoms with E-state index in [0.717, 1.165) is 0 Å². The van der Waals surface area contributed by atoms with E-state index in [1.165, 1.54) is 13.3 Å². The molecule has 0 aliphatic rings. The minimum atomic E-state index is -2.36. The number of alkyl halides is 2. The number of nitrogens with one attached hydrogen (secondary N) is 1. The SMILES string of the molecule is CNC(Cc1ccco1)C(F)F. The number of hydrogen-bond donors (Lipinski definition) is 1. The second-order valence-corrected chi connectivity index (χ2v) is 2.51. The molecule has 0 saturated heterocycles. The van der Waals surface area contributed by atoms with Crippen molar-refractivity contribution in [2.45, 2.75) is 18.9 Å². The maximum absolute atomic E-state index is 12.2. The highest BCUT2D eigenvalue weighted by molar-refractivity contribution is 5.00. The average Bonchev–Trinajstić information content (AvgIpc) is 2.51. The molecule has 1 aromatic rings. The van der Waals surface area contributed by atoms with Gasteiger partial charge in [-0.05, 0) is 19.2 Å². The molecule has 4 heteroatoms. The van der Waals surface area contributed by atoms with Crippen LogP contribution in [0.25, 0.3) is 0 Å². The van der Waals surface area contributed by atoms with Gasteiger partial charge in [0.1, 0.15) is 5.76 Å². The standard InChI is InChI=1S/C8H11F2NO/c1-11-7(8(9)10)5-6-3-2-4-12-6/h2-4,7-8,11H,5H2,1H3. The summed E-state index contributed by atoms with van der Waals surface area (Å²) in [4.78, 5) is 0. The normalized spacial score (nSPS) is 13.7. The smallest absolute Gasteiger partial charge is 0.254 e. The molecule has 0 fully saturated rings. The van der Waals surface area contributed by atoms with Crippen molar-refractivity contribution >= 4 is 0 Å². The predicted molar refractivity (Wildman–Crippen MR) is 41.3 cm³/mol. The molecule has 0 aliphatic heterocycles. The molecule has 0 spiro atoms. The lowest BCUT2D eigenvalue weighted by Gasteiger charge is -2.12. The van der Waals surface area contributed by atoms with Crippen LogP contribution in [0, 0.1) is 0 Å². The van der Waals surface area contributed by atoms with Crippen molar-refractivity contribution in [3.05, 3.63) is 24.2 Å². The second kappa shape index (κ2) is 4.21. The van der Waals surface area contributed by atoms with Gasteiger partial charge in [0.2, 0.25) is 0 Å². The van der Waals surface area contributed by atoms with Gasteiger partial charge in [-0.3, -0.25) is 0 Å². The summed E-state index contributed by atoms with van der Waals surface area (Å²) in [6.07, 6.45) is -0.658. The molecule has 1 atom stereocenters. The van der Waals surface area contributed by atoms with Crippen LogP contribution >= 0.6 is 0 Å². The zero-order valence-electron chi connectivity index (χ0n) is 6.76. The number of hydrogen-bond acceptors (Lipinski definition) is 2. The Morgan fingerprint density at radius 1 is 1.58 bits per heavy atom. The summed E-state index contributed by atoms with van der Waals surface area (Å²) in [5.74, 6) is 0.578. The molecule has 0 aromatic carbocycles. The van der Waals surface area contributed by atoms with Crippen LogP contribution in [0.3, 0.4) is 0 Å². The van der Waals surface area contributed by atoms with E-state index >= 15 is 0 Å². The summed E-state index contributed by atoms with van der Waals surface area (Å²) < 4.78 is 29.3. The van der Waals surface area contributed by atoms with Gasteiger partial charge in [0.15, 0.2) is 0 Å². The van der Waals surface area contributed by atoms with Crippen LogP contribution in [-0.2, 0) is 6.42 Å². The number of likely N-dealkylation sites (N-methyl/N-ethyl adjacent to an activating group) is 1. The second-order valence-electron chi connectivity index (χ2n) is 2.51. The molecular formula is C8H11F2NO. The van der Waals surface area contributed by atoms with E-state index < -0.39 is 12.5 Å². The Balaban J connectivity index is 2.48. The highest BCUT2D eigenvalue weighted by atomic mass is 19.3. The fraction of sp³-hybridized carbons (Fsp3) is 0.500. The Morgan fingerprint density at radius 2 is 2.33 bits per heavy atom. The van der Waals surface area contributed by atoms with Crippen LogP contribution in [0.4, 0.5) is 8.78 Å². The average molecular weight is 175 g/mol. The summed E-state index contributed by atoms with van der Waals surface area (Å²) in [5, 5.41) is 2.53. The highest BCUT2D eigenvalue weighted by Crippen LogP contribution is 2.09. The van der Waals surface area contributed by atoms with Crippen LogP contribution in [0.15, 0.2) is 22.8 Å². The first kappa shape index (κ1) is 9.19. The van der Waals surface area contributed by atoms with Crippen LogP contribution in [-0.4, -0.2) is 19.5 Å². The third kappa shape index (κ3) is 2.30. The Morgan fingerprint density at radius 3 is 2.75 bits per heavy atom. The fourth-order valence-corrected chi connectivity index (χ4v) is 0.963. The van der Waals surface area contributed by atoms with Crippen LogP contribution in [0.2, 0.25) is 0 Å². The van der Waals surface area contributed by atoms with Gasteiger partial charge >= 0.3 is 0 Å². The maximum Gasteiger partial charge on any atom is 0.254 e. The van der Waals surface area contributed by atoms with Crippen molar-refractivity contribution in [3.63, 3.8) is 0 Å². The Kier molecular flexibility index (Phi) is 3.22. The van der Waals surface area contributed by atoms with Gasteiger partial charge in [0.25, 0.3) is 6.43 Å². The van der Waals surface area contributed by atoms with E-state index in [1.807, 2.05) is 0 Å². The van der Waals surface area contributed by atoms with Gasteiger partial charge in [-0.15, -0.1) is 0 Å². The molecule has 68 valence electrons. The Bertz CT molecular complexity index is 211. The van der Waals surface area contributed by atoms with Crippen molar-refractivity contribution in [1.82, 2.24) is 5.32 Å². The summed E-state index contributed by atoms with van der Waals surface area (Å²) in [6, 6.07) is 2.55. The van der Waals surface area contributed by atoms with Crippen molar-refractivity contribution in [1.29, 1.82) is 0 Å². The molecule has 1 aromatic heterocycles. The first-order valence-corrected chi connectivity index (χ1v) is 3.72. The molecule has 1 N–H and O–H groups in total. The first-order valence-electron chi connectivity index (χ1n) is 3.72. The van der Waals surface area contributed by atoms with Gasteiger partial charge in [-0.1, -0.05) is 0 Å². The van der Waals surface area contributed by atoms with Crippen LogP contribution < -0.4 is 5.32 Å². The van der Waals surface area contributed by atoms with Crippen molar-refractivity contribution in [2.75, 3.05) is 7.05 Å². The van der Waals surface area contributed by atoms with Crippen molar-refractivity contribution in [3.8, 4) is 0 Å². The summed E-state index contributed by atoms with van der Waals surface area (Å²) >= 11 is 0. The van der Waals surface area contributed by atoms with Gasteiger partial charge < -0.3 is 9.73 Å². The topological polar surface area (TPSA) is 25.2 Å². The van der Waals surface area contributed by atoms with Crippen LogP contribution in [0.1, 0.15) is 5.76 Å². The molecular weight excluding hydrogens is 164 g/mol. The number of furan rings is 1. The summed E-state index contributed by atoms with van der Waals surface area (Å²) in [6.45, 7) is 0. The zero-order chi connectivity index (χ0) is 8.97. The molecule has 0 amide bonds. The fourth-order valence-electron chi connectivity index (χ4n) is 0.963. The first-order chi connectivity index (χ1) is 5.74. The monoisotopic (exact) mass is 175 g/mol. The molecule has 0 bridgehead atoms. The van der Waals surface area contributed by atoms with Gasteiger partial charge in [-0.25, -0.2) is 8.78 Å². The van der Waals surface area contributed by atoms with E-state index in [0.29, 0.717) is 5.76 Å². The van der Waals surface area contributed by atoms with Gasteiger partial charge in [0.05, 0.1) is 12.3 Å². The molecule has 0 saturated carbocycles. The van der Waals surface area contributed by atoms with E-state index in [-0.39, 0.29) is 6.42 Å². The van der Waals surface area contributed by atoms with Crippen molar-refractivity contribution < 1.29 is 13.2 Å². The molecule has 0 radical (unpaired) electrons. The lowest BCUT2D eigenvalue weighted by Crippen LogP contribution is -2.34. The third-order valence-electron chi connectivity index (χ3n) is 1.68. The van der Waals surface area contributed by atoms with Gasteiger partial charge in [0, 0.05) is 6.42 Å². The quantitative estimate of drug-likeness (QED) is 0.753. The van der Waals surface area contributed by atoms with Crippen LogP contribution in [0.5, 0.6) is 0 Å². The molecule has 2 nitrogen and oxygen atoms in total. The van der Waals surface area contributed by atoms with E-state index in [4.69, 9.17) is 4.42 Å². The zero-order valence-corrected chi connectivity index (χ0v) is 6.76. The Hall–Kier alpha value is -0.900. The number of rotatable bonds is 4. The van der Waals surface area contributed by atoms with Crippen molar-refractivity contribution in [2.24, 2.45) is 0 Å². The molecule has 12 heavy (non-hydrogen) atoms. The largest absolute Gasteiger partial charge is 0.469 e. The summed E-state index contributed by atoms with van der Waals surface area (Å²) in [7, 11) is 1.51. The lowest BCUT2D eigenvalue weighted by molar-refractivity contribution is 0.0994. The molecule has 0 aliphatic carbocycles. The maximum atomic E-state index is 12.2. The van der Waals surface area contributed by atoms with E-state index in [2.05, 4.69) is 5.32 Å². The third-order valence-corrected chi connectivity index (χ3v) is 1.68. The highest BCUT2D eigenvalue weighted by Gasteiger charge is 2.19. The van der Waals surface area contributed by atoms with E-state index in [1.54, 1.807) is 12.1 Å². The minimum absolute atomic E-state index is 0.223. The predicted octanol–water partition coefficient (Wildman–Crippen LogP) is 1.68. The molecule has 1 heterocycles. The molecule has 1 rings (SSSR count). The van der Waals surface area contributed by atoms with E-state index in [9.17, 15) is 8.78 Å². The lowest BCUT2D eigenvalue weighted by atomic mass is 10.2. The Labute approximate surface area is 69.6 Å². The summed E-state index contributed by atoms with van der Waals surface area (Å²) in [5.41, 5.74) is 0. The van der Waals surface area contributed by atoms with Gasteiger partial charge in [-0.2, -0.15) is 0 Å². The number of halogens is 2. The minimum Gasteiger partial charge on any atom is -0.469 e.